The van der Waals surface area contributed by atoms with E-state index < -0.39 is 0 Å². The van der Waals surface area contributed by atoms with Crippen LogP contribution in [0.15, 0.2) is 6.33 Å². The monoisotopic (exact) mass is 283 g/mol. The first-order valence-electron chi connectivity index (χ1n) is 7.04. The maximum absolute atomic E-state index is 6.25. The van der Waals surface area contributed by atoms with Gasteiger partial charge in [-0.2, -0.15) is 0 Å². The van der Waals surface area contributed by atoms with Crippen LogP contribution in [0.1, 0.15) is 39.2 Å². The first kappa shape index (κ1) is 14.5. The van der Waals surface area contributed by atoms with E-state index in [2.05, 4.69) is 35.6 Å². The lowest BCUT2D eigenvalue weighted by molar-refractivity contribution is 0.0295. The number of hydrogen-bond donors (Lipinski definition) is 0. The standard InChI is InChI=1S/C14H22ClN3O/c1-4-6-12-13(15)16-9-17-14(12)18-7-10(3)19-8-11(18)5-2/h9-11H,4-8H2,1-3H3. The molecule has 0 bridgehead atoms. The van der Waals surface area contributed by atoms with Gasteiger partial charge in [-0.05, 0) is 19.8 Å². The molecule has 1 aliphatic rings. The minimum Gasteiger partial charge on any atom is -0.375 e. The van der Waals surface area contributed by atoms with Gasteiger partial charge >= 0.3 is 0 Å². The fourth-order valence-electron chi connectivity index (χ4n) is 2.54. The third-order valence-corrected chi connectivity index (χ3v) is 3.91. The van der Waals surface area contributed by atoms with E-state index in [9.17, 15) is 0 Å². The number of anilines is 1. The summed E-state index contributed by atoms with van der Waals surface area (Å²) in [5.74, 6) is 0.990. The normalized spacial score (nSPS) is 23.7. The molecule has 2 atom stereocenters. The van der Waals surface area contributed by atoms with Crippen molar-refractivity contribution in [3.8, 4) is 0 Å². The van der Waals surface area contributed by atoms with Crippen molar-refractivity contribution in [2.24, 2.45) is 0 Å². The van der Waals surface area contributed by atoms with Gasteiger partial charge in [0.15, 0.2) is 0 Å². The van der Waals surface area contributed by atoms with E-state index in [1.807, 2.05) is 0 Å². The van der Waals surface area contributed by atoms with Crippen LogP contribution in [0.25, 0.3) is 0 Å². The average Bonchev–Trinajstić information content (AvgIpc) is 2.41. The molecule has 106 valence electrons. The summed E-state index contributed by atoms with van der Waals surface area (Å²) in [6.45, 7) is 8.04. The second-order valence-electron chi connectivity index (χ2n) is 5.08. The zero-order valence-corrected chi connectivity index (χ0v) is 12.7. The Bertz CT molecular complexity index is 427. The van der Waals surface area contributed by atoms with Crippen LogP contribution in [0.5, 0.6) is 0 Å². The molecule has 1 aliphatic heterocycles. The van der Waals surface area contributed by atoms with Crippen LogP contribution >= 0.6 is 11.6 Å². The molecule has 1 aromatic rings. The van der Waals surface area contributed by atoms with Crippen LogP contribution in [-0.2, 0) is 11.2 Å². The van der Waals surface area contributed by atoms with Crippen molar-refractivity contribution >= 4 is 17.4 Å². The van der Waals surface area contributed by atoms with Crippen molar-refractivity contribution < 1.29 is 4.74 Å². The largest absolute Gasteiger partial charge is 0.375 e. The quantitative estimate of drug-likeness (QED) is 0.796. The molecule has 0 spiro atoms. The van der Waals surface area contributed by atoms with Crippen molar-refractivity contribution in [3.05, 3.63) is 17.0 Å². The molecule has 0 aliphatic carbocycles. The Morgan fingerprint density at radius 2 is 2.21 bits per heavy atom. The topological polar surface area (TPSA) is 38.2 Å². The van der Waals surface area contributed by atoms with Gasteiger partial charge in [0.25, 0.3) is 0 Å². The molecular formula is C14H22ClN3O. The SMILES string of the molecule is CCCc1c(Cl)ncnc1N1CC(C)OCC1CC. The van der Waals surface area contributed by atoms with Crippen molar-refractivity contribution in [1.29, 1.82) is 0 Å². The predicted molar refractivity (Wildman–Crippen MR) is 77.9 cm³/mol. The number of aromatic nitrogens is 2. The Balaban J connectivity index is 2.35. The van der Waals surface area contributed by atoms with Crippen molar-refractivity contribution in [2.45, 2.75) is 52.2 Å². The summed E-state index contributed by atoms with van der Waals surface area (Å²) in [6, 6.07) is 0.373. The van der Waals surface area contributed by atoms with E-state index in [0.29, 0.717) is 11.2 Å². The van der Waals surface area contributed by atoms with Crippen molar-refractivity contribution in [1.82, 2.24) is 9.97 Å². The van der Waals surface area contributed by atoms with E-state index in [1.54, 1.807) is 6.33 Å². The number of ether oxygens (including phenoxy) is 1. The summed E-state index contributed by atoms with van der Waals surface area (Å²) >= 11 is 6.25. The van der Waals surface area contributed by atoms with Gasteiger partial charge in [-0.3, -0.25) is 0 Å². The minimum absolute atomic E-state index is 0.228. The molecule has 5 heteroatoms. The highest BCUT2D eigenvalue weighted by atomic mass is 35.5. The summed E-state index contributed by atoms with van der Waals surface area (Å²) in [5, 5.41) is 0.584. The number of nitrogens with zero attached hydrogens (tertiary/aromatic N) is 3. The lowest BCUT2D eigenvalue weighted by Gasteiger charge is -2.40. The Morgan fingerprint density at radius 1 is 1.42 bits per heavy atom. The maximum atomic E-state index is 6.25. The maximum Gasteiger partial charge on any atom is 0.137 e. The number of morpholine rings is 1. The summed E-state index contributed by atoms with van der Waals surface area (Å²) in [4.78, 5) is 10.9. The lowest BCUT2D eigenvalue weighted by atomic mass is 10.1. The van der Waals surface area contributed by atoms with E-state index in [1.165, 1.54) is 0 Å². The number of halogens is 1. The Morgan fingerprint density at radius 3 is 2.89 bits per heavy atom. The van der Waals surface area contributed by atoms with Crippen molar-refractivity contribution in [2.75, 3.05) is 18.1 Å². The summed E-state index contributed by atoms with van der Waals surface area (Å²) in [7, 11) is 0. The molecule has 4 nitrogen and oxygen atoms in total. The molecule has 2 unspecified atom stereocenters. The molecule has 0 radical (unpaired) electrons. The molecule has 2 heterocycles. The van der Waals surface area contributed by atoms with Crippen LogP contribution in [0.4, 0.5) is 5.82 Å². The molecule has 19 heavy (non-hydrogen) atoms. The molecule has 1 fully saturated rings. The third-order valence-electron chi connectivity index (χ3n) is 3.58. The second-order valence-corrected chi connectivity index (χ2v) is 5.43. The van der Waals surface area contributed by atoms with E-state index in [0.717, 1.165) is 43.8 Å². The van der Waals surface area contributed by atoms with Gasteiger partial charge in [0.05, 0.1) is 18.8 Å². The molecule has 0 aromatic carbocycles. The molecule has 2 rings (SSSR count). The van der Waals surface area contributed by atoms with Gasteiger partial charge in [-0.1, -0.05) is 31.9 Å². The van der Waals surface area contributed by atoms with Crippen LogP contribution in [0, 0.1) is 0 Å². The van der Waals surface area contributed by atoms with Gasteiger partial charge in [0, 0.05) is 12.1 Å². The molecule has 1 saturated heterocycles. The fourth-order valence-corrected chi connectivity index (χ4v) is 2.76. The molecular weight excluding hydrogens is 262 g/mol. The summed E-state index contributed by atoms with van der Waals surface area (Å²) in [6.07, 6.45) is 4.78. The minimum atomic E-state index is 0.228. The molecule has 0 N–H and O–H groups in total. The first-order valence-corrected chi connectivity index (χ1v) is 7.42. The third kappa shape index (κ3) is 3.18. The number of rotatable bonds is 4. The summed E-state index contributed by atoms with van der Waals surface area (Å²) in [5.41, 5.74) is 1.07. The van der Waals surface area contributed by atoms with Crippen LogP contribution in [0.2, 0.25) is 5.15 Å². The van der Waals surface area contributed by atoms with Gasteiger partial charge in [0.1, 0.15) is 17.3 Å². The average molecular weight is 284 g/mol. The zero-order valence-electron chi connectivity index (χ0n) is 11.9. The van der Waals surface area contributed by atoms with Crippen LogP contribution < -0.4 is 4.90 Å². The smallest absolute Gasteiger partial charge is 0.137 e. The van der Waals surface area contributed by atoms with E-state index >= 15 is 0 Å². The predicted octanol–water partition coefficient (Wildman–Crippen LogP) is 3.09. The van der Waals surface area contributed by atoms with Crippen LogP contribution in [-0.4, -0.2) is 35.3 Å². The van der Waals surface area contributed by atoms with Gasteiger partial charge in [-0.25, -0.2) is 9.97 Å². The van der Waals surface area contributed by atoms with Crippen LogP contribution in [0.3, 0.4) is 0 Å². The Kier molecular flexibility index (Phi) is 4.99. The molecule has 0 saturated carbocycles. The second kappa shape index (κ2) is 6.53. The van der Waals surface area contributed by atoms with Gasteiger partial charge < -0.3 is 9.64 Å². The zero-order chi connectivity index (χ0) is 13.8. The fraction of sp³-hybridized carbons (Fsp3) is 0.714. The first-order chi connectivity index (χ1) is 9.17. The van der Waals surface area contributed by atoms with Gasteiger partial charge in [0.2, 0.25) is 0 Å². The highest BCUT2D eigenvalue weighted by molar-refractivity contribution is 6.30. The summed E-state index contributed by atoms with van der Waals surface area (Å²) < 4.78 is 5.75. The molecule has 0 amide bonds. The highest BCUT2D eigenvalue weighted by Crippen LogP contribution is 2.29. The highest BCUT2D eigenvalue weighted by Gasteiger charge is 2.28. The Hall–Kier alpha value is -0.870. The van der Waals surface area contributed by atoms with Crippen molar-refractivity contribution in [3.63, 3.8) is 0 Å². The van der Waals surface area contributed by atoms with Gasteiger partial charge in [-0.15, -0.1) is 0 Å². The number of hydrogen-bond acceptors (Lipinski definition) is 4. The van der Waals surface area contributed by atoms with E-state index in [-0.39, 0.29) is 6.10 Å². The Labute approximate surface area is 120 Å². The lowest BCUT2D eigenvalue weighted by Crippen LogP contribution is -2.49. The molecule has 1 aromatic heterocycles. The van der Waals surface area contributed by atoms with E-state index in [4.69, 9.17) is 16.3 Å².